The Hall–Kier alpha value is -0.390. The molecule has 3 nitrogen and oxygen atoms in total. The van der Waals surface area contributed by atoms with Gasteiger partial charge >= 0.3 is 0 Å². The molecule has 0 saturated carbocycles. The Morgan fingerprint density at radius 2 is 2.42 bits per heavy atom. The molecule has 1 unspecified atom stereocenters. The van der Waals surface area contributed by atoms with Crippen LogP contribution in [0.5, 0.6) is 0 Å². The Morgan fingerprint density at radius 3 is 3.00 bits per heavy atom. The summed E-state index contributed by atoms with van der Waals surface area (Å²) in [4.78, 5) is 13.7. The second kappa shape index (κ2) is 6.86. The van der Waals surface area contributed by atoms with Gasteiger partial charge in [-0.25, -0.2) is 0 Å². The maximum Gasteiger partial charge on any atom is 0.227 e. The minimum Gasteiger partial charge on any atom is -0.351 e. The van der Waals surface area contributed by atoms with Crippen molar-refractivity contribution in [2.45, 2.75) is 39.2 Å². The van der Waals surface area contributed by atoms with E-state index in [0.29, 0.717) is 6.54 Å². The van der Waals surface area contributed by atoms with E-state index in [2.05, 4.69) is 39.6 Å². The van der Waals surface area contributed by atoms with Gasteiger partial charge < -0.3 is 10.6 Å². The van der Waals surface area contributed by atoms with E-state index < -0.39 is 0 Å². The lowest BCUT2D eigenvalue weighted by molar-refractivity contribution is -0.132. The number of thiophene rings is 1. The van der Waals surface area contributed by atoms with Crippen LogP contribution in [0.1, 0.15) is 37.5 Å². The third-order valence-electron chi connectivity index (χ3n) is 3.73. The van der Waals surface area contributed by atoms with Gasteiger partial charge in [0.1, 0.15) is 0 Å². The van der Waals surface area contributed by atoms with Crippen LogP contribution < -0.4 is 10.6 Å². The molecular formula is C14H21BrN2OS. The molecule has 2 N–H and O–H groups in total. The summed E-state index contributed by atoms with van der Waals surface area (Å²) in [6.07, 6.45) is 4.13. The largest absolute Gasteiger partial charge is 0.351 e. The van der Waals surface area contributed by atoms with E-state index in [1.807, 2.05) is 6.07 Å². The van der Waals surface area contributed by atoms with E-state index in [4.69, 9.17) is 0 Å². The topological polar surface area (TPSA) is 41.1 Å². The minimum absolute atomic E-state index is 0.193. The highest BCUT2D eigenvalue weighted by molar-refractivity contribution is 9.11. The van der Waals surface area contributed by atoms with E-state index in [1.54, 1.807) is 11.3 Å². The maximum absolute atomic E-state index is 12.5. The Morgan fingerprint density at radius 1 is 1.58 bits per heavy atom. The molecule has 2 heterocycles. The first-order chi connectivity index (χ1) is 9.16. The number of hydrogen-bond acceptors (Lipinski definition) is 3. The molecular weight excluding hydrogens is 324 g/mol. The van der Waals surface area contributed by atoms with Crippen LogP contribution in [-0.2, 0) is 11.3 Å². The summed E-state index contributed by atoms with van der Waals surface area (Å²) in [5, 5.41) is 6.50. The average Bonchev–Trinajstić information content (AvgIpc) is 2.83. The van der Waals surface area contributed by atoms with Crippen molar-refractivity contribution in [2.75, 3.05) is 13.1 Å². The van der Waals surface area contributed by atoms with Crippen LogP contribution in [0.25, 0.3) is 0 Å². The number of hydrogen-bond donors (Lipinski definition) is 2. The summed E-state index contributed by atoms with van der Waals surface area (Å²) in [6.45, 7) is 4.65. The fraction of sp³-hybridized carbons (Fsp3) is 0.643. The van der Waals surface area contributed by atoms with Crippen LogP contribution in [0.2, 0.25) is 0 Å². The summed E-state index contributed by atoms with van der Waals surface area (Å²) >= 11 is 5.12. The van der Waals surface area contributed by atoms with Gasteiger partial charge in [0.2, 0.25) is 5.91 Å². The highest BCUT2D eigenvalue weighted by Crippen LogP contribution is 2.32. The van der Waals surface area contributed by atoms with Crippen LogP contribution in [0.4, 0.5) is 0 Å². The lowest BCUT2D eigenvalue weighted by Crippen LogP contribution is -2.50. The van der Waals surface area contributed by atoms with E-state index in [0.717, 1.165) is 42.6 Å². The van der Waals surface area contributed by atoms with Crippen molar-refractivity contribution in [2.24, 2.45) is 5.41 Å². The zero-order valence-corrected chi connectivity index (χ0v) is 13.7. The molecule has 5 heteroatoms. The van der Waals surface area contributed by atoms with Gasteiger partial charge in [0.15, 0.2) is 0 Å². The molecule has 0 aromatic carbocycles. The molecule has 106 valence electrons. The average molecular weight is 345 g/mol. The van der Waals surface area contributed by atoms with Crippen molar-refractivity contribution in [3.8, 4) is 0 Å². The fourth-order valence-corrected chi connectivity index (χ4v) is 4.19. The zero-order chi connectivity index (χ0) is 13.7. The molecule has 0 bridgehead atoms. The van der Waals surface area contributed by atoms with Gasteiger partial charge in [0, 0.05) is 11.4 Å². The maximum atomic E-state index is 12.5. The molecule has 1 aliphatic rings. The smallest absolute Gasteiger partial charge is 0.227 e. The number of halogens is 1. The van der Waals surface area contributed by atoms with E-state index in [9.17, 15) is 4.79 Å². The van der Waals surface area contributed by atoms with Crippen molar-refractivity contribution < 1.29 is 4.79 Å². The SMILES string of the molecule is CCCC1(C(=O)NCc2ccc(Br)s2)CCCNC1. The van der Waals surface area contributed by atoms with Crippen molar-refractivity contribution in [1.29, 1.82) is 0 Å². The van der Waals surface area contributed by atoms with Crippen LogP contribution in [0.15, 0.2) is 15.9 Å². The van der Waals surface area contributed by atoms with Crippen molar-refractivity contribution >= 4 is 33.2 Å². The van der Waals surface area contributed by atoms with Crippen molar-refractivity contribution in [1.82, 2.24) is 10.6 Å². The lowest BCUT2D eigenvalue weighted by atomic mass is 9.76. The van der Waals surface area contributed by atoms with Gasteiger partial charge in [-0.15, -0.1) is 11.3 Å². The summed E-state index contributed by atoms with van der Waals surface area (Å²) in [5.41, 5.74) is -0.193. The second-order valence-corrected chi connectivity index (χ2v) is 7.75. The van der Waals surface area contributed by atoms with Crippen LogP contribution in [0.3, 0.4) is 0 Å². The predicted molar refractivity (Wildman–Crippen MR) is 83.3 cm³/mol. The molecule has 19 heavy (non-hydrogen) atoms. The highest BCUT2D eigenvalue weighted by atomic mass is 79.9. The number of piperidine rings is 1. The van der Waals surface area contributed by atoms with Gasteiger partial charge in [-0.2, -0.15) is 0 Å². The number of carbonyl (C=O) groups excluding carboxylic acids is 1. The number of rotatable bonds is 5. The van der Waals surface area contributed by atoms with Gasteiger partial charge in [-0.05, 0) is 53.9 Å². The zero-order valence-electron chi connectivity index (χ0n) is 11.3. The molecule has 1 aliphatic heterocycles. The van der Waals surface area contributed by atoms with Gasteiger partial charge in [-0.3, -0.25) is 4.79 Å². The summed E-state index contributed by atoms with van der Waals surface area (Å²) in [7, 11) is 0. The first-order valence-corrected chi connectivity index (χ1v) is 8.50. The van der Waals surface area contributed by atoms with Crippen LogP contribution in [0, 0.1) is 5.41 Å². The summed E-state index contributed by atoms with van der Waals surface area (Å²) in [6, 6.07) is 4.08. The molecule has 0 spiro atoms. The molecule has 1 saturated heterocycles. The molecule has 0 radical (unpaired) electrons. The summed E-state index contributed by atoms with van der Waals surface area (Å²) in [5.74, 6) is 0.214. The van der Waals surface area contributed by atoms with Crippen LogP contribution in [-0.4, -0.2) is 19.0 Å². The van der Waals surface area contributed by atoms with Gasteiger partial charge in [0.05, 0.1) is 15.7 Å². The molecule has 1 atom stereocenters. The standard InChI is InChI=1S/C14H21BrN2OS/c1-2-6-14(7-3-8-16-10-14)13(18)17-9-11-4-5-12(15)19-11/h4-5,16H,2-3,6-10H2,1H3,(H,17,18). The second-order valence-electron chi connectivity index (χ2n) is 5.20. The monoisotopic (exact) mass is 344 g/mol. The molecule has 1 aromatic rings. The first kappa shape index (κ1) is 15.0. The summed E-state index contributed by atoms with van der Waals surface area (Å²) < 4.78 is 1.11. The van der Waals surface area contributed by atoms with E-state index >= 15 is 0 Å². The Bertz CT molecular complexity index is 421. The quantitative estimate of drug-likeness (QED) is 0.860. The van der Waals surface area contributed by atoms with Crippen molar-refractivity contribution in [3.63, 3.8) is 0 Å². The third kappa shape index (κ3) is 3.80. The Labute approximate surface area is 127 Å². The number of amides is 1. The molecule has 1 fully saturated rings. The fourth-order valence-electron chi connectivity index (χ4n) is 2.77. The van der Waals surface area contributed by atoms with Gasteiger partial charge in [0.25, 0.3) is 0 Å². The molecule has 0 aliphatic carbocycles. The number of nitrogens with one attached hydrogen (secondary N) is 2. The molecule has 1 amide bonds. The minimum atomic E-state index is -0.193. The highest BCUT2D eigenvalue weighted by Gasteiger charge is 2.38. The van der Waals surface area contributed by atoms with Crippen molar-refractivity contribution in [3.05, 3.63) is 20.8 Å². The third-order valence-corrected chi connectivity index (χ3v) is 5.36. The Kier molecular flexibility index (Phi) is 5.42. The van der Waals surface area contributed by atoms with E-state index in [-0.39, 0.29) is 11.3 Å². The first-order valence-electron chi connectivity index (χ1n) is 6.89. The predicted octanol–water partition coefficient (Wildman–Crippen LogP) is 3.30. The van der Waals surface area contributed by atoms with Crippen LogP contribution >= 0.6 is 27.3 Å². The molecule has 1 aromatic heterocycles. The number of carbonyl (C=O) groups is 1. The Balaban J connectivity index is 1.95. The molecule has 2 rings (SSSR count). The lowest BCUT2D eigenvalue weighted by Gasteiger charge is -2.36. The normalized spacial score (nSPS) is 23.3. The van der Waals surface area contributed by atoms with E-state index in [1.165, 1.54) is 4.88 Å². The van der Waals surface area contributed by atoms with Gasteiger partial charge in [-0.1, -0.05) is 13.3 Å².